The van der Waals surface area contributed by atoms with Crippen molar-refractivity contribution in [2.75, 3.05) is 13.1 Å². The van der Waals surface area contributed by atoms with Crippen LogP contribution in [-0.2, 0) is 4.79 Å². The van der Waals surface area contributed by atoms with E-state index in [1.807, 2.05) is 0 Å². The highest BCUT2D eigenvalue weighted by molar-refractivity contribution is 6.30. The van der Waals surface area contributed by atoms with Crippen molar-refractivity contribution in [3.8, 4) is 11.3 Å². The summed E-state index contributed by atoms with van der Waals surface area (Å²) < 4.78 is 5.22. The van der Waals surface area contributed by atoms with Crippen LogP contribution in [0.15, 0.2) is 34.9 Å². The third-order valence-corrected chi connectivity index (χ3v) is 4.17. The number of halogens is 1. The molecule has 1 fully saturated rings. The molecule has 0 saturated carbocycles. The summed E-state index contributed by atoms with van der Waals surface area (Å²) in [4.78, 5) is 25.1. The molecule has 1 amide bonds. The van der Waals surface area contributed by atoms with Gasteiger partial charge in [0.15, 0.2) is 11.5 Å². The molecule has 1 N–H and O–H groups in total. The monoisotopic (exact) mass is 334 g/mol. The zero-order valence-electron chi connectivity index (χ0n) is 12.2. The quantitative estimate of drug-likeness (QED) is 0.933. The minimum atomic E-state index is -0.871. The highest BCUT2D eigenvalue weighted by Crippen LogP contribution is 2.24. The van der Waals surface area contributed by atoms with E-state index >= 15 is 0 Å². The Labute approximate surface area is 137 Å². The fraction of sp³-hybridized carbons (Fsp3) is 0.312. The van der Waals surface area contributed by atoms with E-state index in [0.717, 1.165) is 5.56 Å². The first-order chi connectivity index (χ1) is 11.0. The van der Waals surface area contributed by atoms with E-state index < -0.39 is 11.9 Å². The summed E-state index contributed by atoms with van der Waals surface area (Å²) in [5.74, 6) is -1.23. The Morgan fingerprint density at radius 2 is 2.04 bits per heavy atom. The van der Waals surface area contributed by atoms with E-state index in [1.165, 1.54) is 4.90 Å². The zero-order valence-corrected chi connectivity index (χ0v) is 13.0. The van der Waals surface area contributed by atoms with Crippen LogP contribution >= 0.6 is 11.6 Å². The molecular formula is C16H15ClN2O4. The van der Waals surface area contributed by atoms with Gasteiger partial charge in [0, 0.05) is 29.7 Å². The third kappa shape index (κ3) is 3.37. The van der Waals surface area contributed by atoms with E-state index in [1.54, 1.807) is 30.3 Å². The maximum Gasteiger partial charge on any atom is 0.308 e. The lowest BCUT2D eigenvalue weighted by Crippen LogP contribution is -2.42. The lowest BCUT2D eigenvalue weighted by Gasteiger charge is -2.29. The van der Waals surface area contributed by atoms with Crippen molar-refractivity contribution in [2.45, 2.75) is 12.8 Å². The number of rotatable bonds is 3. The normalized spacial score (nSPS) is 18.0. The summed E-state index contributed by atoms with van der Waals surface area (Å²) in [5, 5.41) is 13.5. The zero-order chi connectivity index (χ0) is 16.4. The minimum Gasteiger partial charge on any atom is -0.481 e. The first-order valence-corrected chi connectivity index (χ1v) is 7.67. The van der Waals surface area contributed by atoms with E-state index in [9.17, 15) is 9.59 Å². The van der Waals surface area contributed by atoms with Crippen molar-refractivity contribution in [1.82, 2.24) is 10.1 Å². The average Bonchev–Trinajstić information content (AvgIpc) is 3.05. The molecule has 0 radical (unpaired) electrons. The lowest BCUT2D eigenvalue weighted by atomic mass is 9.98. The molecule has 1 aliphatic rings. The number of likely N-dealkylation sites (tertiary alicyclic amines) is 1. The number of carboxylic acid groups (broad SMARTS) is 1. The molecule has 7 heteroatoms. The number of nitrogens with zero attached hydrogens (tertiary/aromatic N) is 2. The molecule has 0 spiro atoms. The average molecular weight is 335 g/mol. The van der Waals surface area contributed by atoms with Gasteiger partial charge in [0.25, 0.3) is 5.91 Å². The topological polar surface area (TPSA) is 83.6 Å². The van der Waals surface area contributed by atoms with Crippen LogP contribution in [0.25, 0.3) is 11.3 Å². The van der Waals surface area contributed by atoms with Gasteiger partial charge < -0.3 is 14.5 Å². The van der Waals surface area contributed by atoms with Crippen molar-refractivity contribution in [3.63, 3.8) is 0 Å². The maximum absolute atomic E-state index is 12.5. The van der Waals surface area contributed by atoms with Crippen molar-refractivity contribution < 1.29 is 19.2 Å². The molecule has 0 aliphatic carbocycles. The molecule has 23 heavy (non-hydrogen) atoms. The first kappa shape index (κ1) is 15.6. The predicted octanol–water partition coefficient (Wildman–Crippen LogP) is 2.93. The summed E-state index contributed by atoms with van der Waals surface area (Å²) in [7, 11) is 0. The molecule has 1 unspecified atom stereocenters. The van der Waals surface area contributed by atoms with E-state index in [4.69, 9.17) is 21.2 Å². The number of aromatic nitrogens is 1. The number of amides is 1. The highest BCUT2D eigenvalue weighted by Gasteiger charge is 2.30. The van der Waals surface area contributed by atoms with Gasteiger partial charge in [-0.25, -0.2) is 0 Å². The van der Waals surface area contributed by atoms with E-state index in [0.29, 0.717) is 30.2 Å². The van der Waals surface area contributed by atoms with Crippen LogP contribution in [0, 0.1) is 5.92 Å². The Hall–Kier alpha value is -2.34. The number of hydrogen-bond donors (Lipinski definition) is 1. The van der Waals surface area contributed by atoms with Gasteiger partial charge in [-0.1, -0.05) is 16.8 Å². The Kier molecular flexibility index (Phi) is 4.34. The number of aliphatic carboxylic acids is 1. The van der Waals surface area contributed by atoms with Crippen LogP contribution < -0.4 is 0 Å². The second-order valence-electron chi connectivity index (χ2n) is 5.51. The van der Waals surface area contributed by atoms with Gasteiger partial charge >= 0.3 is 5.97 Å². The van der Waals surface area contributed by atoms with Crippen LogP contribution in [-0.4, -0.2) is 40.1 Å². The second-order valence-corrected chi connectivity index (χ2v) is 5.95. The van der Waals surface area contributed by atoms with Crippen LogP contribution in [0.1, 0.15) is 23.3 Å². The number of carbonyl (C=O) groups is 2. The first-order valence-electron chi connectivity index (χ1n) is 7.29. The Morgan fingerprint density at radius 1 is 1.30 bits per heavy atom. The van der Waals surface area contributed by atoms with Crippen molar-refractivity contribution in [2.24, 2.45) is 5.92 Å². The predicted molar refractivity (Wildman–Crippen MR) is 83.2 cm³/mol. The fourth-order valence-electron chi connectivity index (χ4n) is 2.65. The standard InChI is InChI=1S/C16H15ClN2O4/c17-12-5-3-10(4-6-12)14-8-13(18-23-14)15(20)19-7-1-2-11(9-19)16(21)22/h3-6,8,11H,1-2,7,9H2,(H,21,22). The number of carbonyl (C=O) groups excluding carboxylic acids is 1. The van der Waals surface area contributed by atoms with Gasteiger partial charge in [-0.3, -0.25) is 9.59 Å². The van der Waals surface area contributed by atoms with Gasteiger partial charge in [0.2, 0.25) is 0 Å². The van der Waals surface area contributed by atoms with E-state index in [-0.39, 0.29) is 18.1 Å². The molecular weight excluding hydrogens is 320 g/mol. The molecule has 1 aromatic heterocycles. The molecule has 120 valence electrons. The molecule has 2 heterocycles. The van der Waals surface area contributed by atoms with Crippen molar-refractivity contribution in [1.29, 1.82) is 0 Å². The largest absolute Gasteiger partial charge is 0.481 e. The van der Waals surface area contributed by atoms with Crippen LogP contribution in [0.3, 0.4) is 0 Å². The molecule has 1 aromatic carbocycles. The summed E-state index contributed by atoms with van der Waals surface area (Å²) in [6.07, 6.45) is 1.26. The summed E-state index contributed by atoms with van der Waals surface area (Å²) in [6.45, 7) is 0.739. The smallest absolute Gasteiger partial charge is 0.308 e. The molecule has 1 atom stereocenters. The molecule has 6 nitrogen and oxygen atoms in total. The third-order valence-electron chi connectivity index (χ3n) is 3.92. The molecule has 0 bridgehead atoms. The molecule has 1 saturated heterocycles. The van der Waals surface area contributed by atoms with Crippen LogP contribution in [0.4, 0.5) is 0 Å². The molecule has 1 aliphatic heterocycles. The van der Waals surface area contributed by atoms with Crippen LogP contribution in [0.5, 0.6) is 0 Å². The number of carboxylic acids is 1. The summed E-state index contributed by atoms with van der Waals surface area (Å²) in [5.41, 5.74) is 0.948. The second kappa shape index (κ2) is 6.42. The summed E-state index contributed by atoms with van der Waals surface area (Å²) >= 11 is 5.84. The Bertz CT molecular complexity index is 726. The Morgan fingerprint density at radius 3 is 2.74 bits per heavy atom. The fourth-order valence-corrected chi connectivity index (χ4v) is 2.78. The lowest BCUT2D eigenvalue weighted by molar-refractivity contribution is -0.143. The maximum atomic E-state index is 12.5. The van der Waals surface area contributed by atoms with Crippen molar-refractivity contribution >= 4 is 23.5 Å². The van der Waals surface area contributed by atoms with Gasteiger partial charge in [-0.15, -0.1) is 0 Å². The number of benzene rings is 1. The van der Waals surface area contributed by atoms with Gasteiger partial charge in [-0.05, 0) is 37.1 Å². The number of hydrogen-bond acceptors (Lipinski definition) is 4. The summed E-state index contributed by atoms with van der Waals surface area (Å²) in [6, 6.07) is 8.57. The van der Waals surface area contributed by atoms with Gasteiger partial charge in [-0.2, -0.15) is 0 Å². The van der Waals surface area contributed by atoms with Gasteiger partial charge in [0.05, 0.1) is 5.92 Å². The van der Waals surface area contributed by atoms with Gasteiger partial charge in [0.1, 0.15) is 0 Å². The molecule has 3 rings (SSSR count). The Balaban J connectivity index is 1.75. The highest BCUT2D eigenvalue weighted by atomic mass is 35.5. The number of piperidine rings is 1. The van der Waals surface area contributed by atoms with E-state index in [2.05, 4.69) is 5.16 Å². The minimum absolute atomic E-state index is 0.181. The SMILES string of the molecule is O=C(O)C1CCCN(C(=O)c2cc(-c3ccc(Cl)cc3)on2)C1. The van der Waals surface area contributed by atoms with Crippen LogP contribution in [0.2, 0.25) is 5.02 Å². The van der Waals surface area contributed by atoms with Crippen molar-refractivity contribution in [3.05, 3.63) is 41.0 Å². The molecule has 2 aromatic rings.